The van der Waals surface area contributed by atoms with Gasteiger partial charge >= 0.3 is 0 Å². The van der Waals surface area contributed by atoms with Crippen molar-refractivity contribution in [3.63, 3.8) is 0 Å². The summed E-state index contributed by atoms with van der Waals surface area (Å²) in [4.78, 5) is 12.1. The van der Waals surface area contributed by atoms with Crippen LogP contribution < -0.4 is 10.6 Å². The first-order valence-electron chi connectivity index (χ1n) is 6.04. The third kappa shape index (κ3) is 4.12. The maximum absolute atomic E-state index is 12.1. The highest BCUT2D eigenvalue weighted by molar-refractivity contribution is 5.86. The fraction of sp³-hybridized carbons (Fsp3) is 0.917. The molecule has 5 heteroatoms. The van der Waals surface area contributed by atoms with Crippen LogP contribution in [0, 0.1) is 0 Å². The number of rotatable bonds is 5. The summed E-state index contributed by atoms with van der Waals surface area (Å²) in [6, 6.07) is 0. The number of halogens is 1. The van der Waals surface area contributed by atoms with Crippen LogP contribution in [0.2, 0.25) is 0 Å². The molecule has 102 valence electrons. The fourth-order valence-electron chi connectivity index (χ4n) is 2.00. The second kappa shape index (κ2) is 6.57. The van der Waals surface area contributed by atoms with Gasteiger partial charge in [-0.3, -0.25) is 4.79 Å². The van der Waals surface area contributed by atoms with Crippen LogP contribution in [-0.4, -0.2) is 37.2 Å². The highest BCUT2D eigenvalue weighted by Gasteiger charge is 2.39. The zero-order valence-corrected chi connectivity index (χ0v) is 12.1. The van der Waals surface area contributed by atoms with E-state index in [0.717, 1.165) is 25.8 Å². The molecule has 0 aromatic carbocycles. The van der Waals surface area contributed by atoms with Crippen LogP contribution in [0.15, 0.2) is 0 Å². The van der Waals surface area contributed by atoms with E-state index >= 15 is 0 Å². The van der Waals surface area contributed by atoms with E-state index < -0.39 is 0 Å². The first-order chi connectivity index (χ1) is 7.46. The minimum atomic E-state index is -0.343. The van der Waals surface area contributed by atoms with Crippen LogP contribution in [-0.2, 0) is 9.53 Å². The minimum Gasteiger partial charge on any atom is -0.377 e. The third-order valence-electron chi connectivity index (χ3n) is 3.51. The van der Waals surface area contributed by atoms with E-state index in [1.165, 1.54) is 0 Å². The van der Waals surface area contributed by atoms with Gasteiger partial charge in [-0.2, -0.15) is 0 Å². The molecule has 0 saturated carbocycles. The molecule has 1 unspecified atom stereocenters. The van der Waals surface area contributed by atoms with Gasteiger partial charge in [-0.05, 0) is 39.7 Å². The molecule has 4 nitrogen and oxygen atoms in total. The summed E-state index contributed by atoms with van der Waals surface area (Å²) >= 11 is 0. The molecule has 2 N–H and O–H groups in total. The highest BCUT2D eigenvalue weighted by atomic mass is 35.5. The van der Waals surface area contributed by atoms with Crippen LogP contribution >= 0.6 is 12.4 Å². The topological polar surface area (TPSA) is 50.4 Å². The van der Waals surface area contributed by atoms with Crippen molar-refractivity contribution < 1.29 is 9.53 Å². The van der Waals surface area contributed by atoms with Gasteiger partial charge in [0, 0.05) is 13.7 Å². The molecule has 1 amide bonds. The van der Waals surface area contributed by atoms with Gasteiger partial charge in [0.2, 0.25) is 5.91 Å². The average Bonchev–Trinajstić information content (AvgIpc) is 2.76. The van der Waals surface area contributed by atoms with Gasteiger partial charge in [-0.1, -0.05) is 6.92 Å². The van der Waals surface area contributed by atoms with Crippen LogP contribution in [0.1, 0.15) is 40.0 Å². The van der Waals surface area contributed by atoms with Gasteiger partial charge < -0.3 is 15.4 Å². The van der Waals surface area contributed by atoms with Gasteiger partial charge in [0.1, 0.15) is 0 Å². The number of nitrogens with one attached hydrogen (secondary N) is 2. The maximum atomic E-state index is 12.1. The number of carbonyl (C=O) groups excluding carboxylic acids is 1. The van der Waals surface area contributed by atoms with Crippen molar-refractivity contribution in [1.82, 2.24) is 10.6 Å². The van der Waals surface area contributed by atoms with Crippen molar-refractivity contribution in [2.45, 2.75) is 51.2 Å². The molecule has 1 heterocycles. The second-order valence-corrected chi connectivity index (χ2v) is 5.11. The Morgan fingerprint density at radius 1 is 1.53 bits per heavy atom. The minimum absolute atomic E-state index is 0. The normalized spacial score (nSPS) is 24.2. The molecule has 1 aliphatic rings. The molecule has 1 saturated heterocycles. The molecule has 0 aromatic rings. The van der Waals surface area contributed by atoms with E-state index in [2.05, 4.69) is 17.6 Å². The molecule has 1 fully saturated rings. The van der Waals surface area contributed by atoms with E-state index in [1.54, 1.807) is 7.11 Å². The molecule has 0 spiro atoms. The first-order valence-corrected chi connectivity index (χ1v) is 6.04. The molecular weight excluding hydrogens is 240 g/mol. The number of ether oxygens (including phenoxy) is 1. The number of carbonyl (C=O) groups is 1. The summed E-state index contributed by atoms with van der Waals surface area (Å²) in [5, 5.41) is 6.30. The van der Waals surface area contributed by atoms with Crippen LogP contribution in [0.3, 0.4) is 0 Å². The summed E-state index contributed by atoms with van der Waals surface area (Å²) in [5.74, 6) is 0.109. The van der Waals surface area contributed by atoms with Gasteiger partial charge in [0.15, 0.2) is 0 Å². The van der Waals surface area contributed by atoms with Crippen LogP contribution in [0.5, 0.6) is 0 Å². The quantitative estimate of drug-likeness (QED) is 0.791. The molecule has 0 aliphatic carbocycles. The van der Waals surface area contributed by atoms with Crippen molar-refractivity contribution in [2.24, 2.45) is 0 Å². The van der Waals surface area contributed by atoms with E-state index in [4.69, 9.17) is 4.74 Å². The van der Waals surface area contributed by atoms with Crippen LogP contribution in [0.4, 0.5) is 0 Å². The monoisotopic (exact) mass is 264 g/mol. The first kappa shape index (κ1) is 16.7. The Balaban J connectivity index is 0.00000256. The number of hydrogen-bond donors (Lipinski definition) is 2. The Bertz CT molecular complexity index is 251. The lowest BCUT2D eigenvalue weighted by Gasteiger charge is -2.30. The molecule has 17 heavy (non-hydrogen) atoms. The summed E-state index contributed by atoms with van der Waals surface area (Å²) in [7, 11) is 1.66. The van der Waals surface area contributed by atoms with Gasteiger partial charge in [-0.15, -0.1) is 12.4 Å². The Labute approximate surface area is 110 Å². The van der Waals surface area contributed by atoms with Crippen molar-refractivity contribution in [2.75, 3.05) is 20.2 Å². The molecule has 1 rings (SSSR count). The van der Waals surface area contributed by atoms with Crippen molar-refractivity contribution in [3.05, 3.63) is 0 Å². The largest absolute Gasteiger partial charge is 0.377 e. The van der Waals surface area contributed by atoms with Crippen molar-refractivity contribution >= 4 is 18.3 Å². The predicted octanol–water partition coefficient (Wildman–Crippen LogP) is 1.48. The van der Waals surface area contributed by atoms with Gasteiger partial charge in [0.05, 0.1) is 11.1 Å². The van der Waals surface area contributed by atoms with E-state index in [-0.39, 0.29) is 29.5 Å². The summed E-state index contributed by atoms with van der Waals surface area (Å²) in [6.07, 6.45) is 2.85. The summed E-state index contributed by atoms with van der Waals surface area (Å²) in [5.41, 5.74) is -0.646. The lowest BCUT2D eigenvalue weighted by Crippen LogP contribution is -2.55. The van der Waals surface area contributed by atoms with Crippen molar-refractivity contribution in [1.29, 1.82) is 0 Å². The average molecular weight is 265 g/mol. The zero-order valence-electron chi connectivity index (χ0n) is 11.3. The van der Waals surface area contributed by atoms with E-state index in [1.807, 2.05) is 13.8 Å². The summed E-state index contributed by atoms with van der Waals surface area (Å²) in [6.45, 7) is 7.47. The summed E-state index contributed by atoms with van der Waals surface area (Å²) < 4.78 is 5.28. The SMILES string of the molecule is CCC1(C(=O)NCC(C)(C)OC)CCCN1.Cl. The highest BCUT2D eigenvalue weighted by Crippen LogP contribution is 2.23. The van der Waals surface area contributed by atoms with Gasteiger partial charge in [0.25, 0.3) is 0 Å². The molecule has 1 aliphatic heterocycles. The Hall–Kier alpha value is -0.320. The lowest BCUT2D eigenvalue weighted by atomic mass is 9.93. The number of amides is 1. The molecule has 0 aromatic heterocycles. The molecular formula is C12H25ClN2O2. The second-order valence-electron chi connectivity index (χ2n) is 5.11. The van der Waals surface area contributed by atoms with E-state index in [9.17, 15) is 4.79 Å². The Morgan fingerprint density at radius 2 is 2.18 bits per heavy atom. The standard InChI is InChI=1S/C12H24N2O2.ClH/c1-5-12(7-6-8-14-12)10(15)13-9-11(2,3)16-4;/h14H,5-9H2,1-4H3,(H,13,15);1H. The maximum Gasteiger partial charge on any atom is 0.240 e. The molecule has 1 atom stereocenters. The predicted molar refractivity (Wildman–Crippen MR) is 71.6 cm³/mol. The number of hydrogen-bond acceptors (Lipinski definition) is 3. The smallest absolute Gasteiger partial charge is 0.240 e. The van der Waals surface area contributed by atoms with Gasteiger partial charge in [-0.25, -0.2) is 0 Å². The zero-order chi connectivity index (χ0) is 12.2. The number of methoxy groups -OCH3 is 1. The molecule has 0 radical (unpaired) electrons. The van der Waals surface area contributed by atoms with Crippen LogP contribution in [0.25, 0.3) is 0 Å². The fourth-order valence-corrected chi connectivity index (χ4v) is 2.00. The molecule has 0 bridgehead atoms. The third-order valence-corrected chi connectivity index (χ3v) is 3.51. The van der Waals surface area contributed by atoms with Crippen molar-refractivity contribution in [3.8, 4) is 0 Å². The lowest BCUT2D eigenvalue weighted by molar-refractivity contribution is -0.128. The Morgan fingerprint density at radius 3 is 2.59 bits per heavy atom. The Kier molecular flexibility index (Phi) is 6.45. The van der Waals surface area contributed by atoms with E-state index in [0.29, 0.717) is 6.54 Å².